The maximum absolute atomic E-state index is 9.05. The highest BCUT2D eigenvalue weighted by molar-refractivity contribution is 5.35. The van der Waals surface area contributed by atoms with Gasteiger partial charge in [0.25, 0.3) is 0 Å². The van der Waals surface area contributed by atoms with Gasteiger partial charge in [-0.1, -0.05) is 54.5 Å². The van der Waals surface area contributed by atoms with Crippen molar-refractivity contribution in [3.05, 3.63) is 71.2 Å². The Morgan fingerprint density at radius 3 is 2.80 bits per heavy atom. The number of likely N-dealkylation sites (N-methyl/N-ethyl adjacent to an activating group) is 1. The molecule has 0 N–H and O–H groups in total. The quantitative estimate of drug-likeness (QED) is 0.801. The van der Waals surface area contributed by atoms with Crippen molar-refractivity contribution in [2.75, 3.05) is 27.1 Å². The molecule has 0 aliphatic rings. The molecule has 0 aromatic heterocycles. The van der Waals surface area contributed by atoms with Gasteiger partial charge in [-0.05, 0) is 37.6 Å². The van der Waals surface area contributed by atoms with Crippen LogP contribution in [-0.4, -0.2) is 32.0 Å². The zero-order chi connectivity index (χ0) is 25.6. The lowest BCUT2D eigenvalue weighted by molar-refractivity contribution is 0.0683. The highest BCUT2D eigenvalue weighted by Gasteiger charge is 2.16. The second-order valence-corrected chi connectivity index (χ2v) is 4.03. The van der Waals surface area contributed by atoms with Gasteiger partial charge in [0, 0.05) is 14.8 Å². The van der Waals surface area contributed by atoms with E-state index in [1.807, 2.05) is 0 Å². The molecular formula is C18H23NO. The molecule has 0 spiro atoms. The van der Waals surface area contributed by atoms with E-state index in [-0.39, 0.29) is 21.6 Å². The molecular weight excluding hydrogens is 246 g/mol. The van der Waals surface area contributed by atoms with Crippen LogP contribution in [0.4, 0.5) is 0 Å². The Morgan fingerprint density at radius 2 is 2.05 bits per heavy atom. The Kier molecular flexibility index (Phi) is 1.91. The number of nitrogens with zero attached hydrogens (tertiary/aromatic N) is 1. The van der Waals surface area contributed by atoms with Gasteiger partial charge >= 0.3 is 0 Å². The monoisotopic (exact) mass is 282 g/mol. The lowest BCUT2D eigenvalue weighted by Gasteiger charge is -2.22. The maximum atomic E-state index is 9.05. The Morgan fingerprint density at radius 1 is 1.30 bits per heavy atom. The standard InChI is InChI=1S/C18H23NO/c1-15-9-7-8-12-17(15)18(20-14-13-19(2)3)16-10-5-4-6-11-16/h4-12,18H,13-14H2,1-3H3/i2D3,3D3,7D,8D,9D,12D,14D2,18D. The van der Waals surface area contributed by atoms with Gasteiger partial charge in [-0.15, -0.1) is 0 Å². The minimum absolute atomic E-state index is 0.00340. The first-order valence-corrected chi connectivity index (χ1v) is 5.94. The summed E-state index contributed by atoms with van der Waals surface area (Å²) in [6, 6.07) is 5.10. The normalized spacial score (nSPS) is 25.6. The Labute approximate surface area is 140 Å². The molecule has 0 bridgehead atoms. The fourth-order valence-electron chi connectivity index (χ4n) is 1.61. The van der Waals surface area contributed by atoms with Gasteiger partial charge in [0.15, 0.2) is 0 Å². The minimum atomic E-state index is -3.20. The zero-order valence-corrected chi connectivity index (χ0v) is 10.9. The third kappa shape index (κ3) is 3.92. The first-order valence-electron chi connectivity index (χ1n) is 12.4. The van der Waals surface area contributed by atoms with Gasteiger partial charge in [-0.25, -0.2) is 0 Å². The van der Waals surface area contributed by atoms with Crippen LogP contribution >= 0.6 is 0 Å². The van der Waals surface area contributed by atoms with Crippen LogP contribution in [0.5, 0.6) is 0 Å². The molecule has 0 saturated heterocycles. The summed E-state index contributed by atoms with van der Waals surface area (Å²) in [6.45, 7) is -9.38. The van der Waals surface area contributed by atoms with Crippen LogP contribution in [0.15, 0.2) is 54.5 Å². The molecule has 0 aliphatic carbocycles. The zero-order valence-electron chi connectivity index (χ0n) is 23.9. The van der Waals surface area contributed by atoms with Crippen molar-refractivity contribution < 1.29 is 22.6 Å². The van der Waals surface area contributed by atoms with Crippen LogP contribution < -0.4 is 0 Å². The van der Waals surface area contributed by atoms with E-state index in [9.17, 15) is 0 Å². The number of ether oxygens (including phenoxy) is 1. The number of hydrogen-bond donors (Lipinski definition) is 0. The van der Waals surface area contributed by atoms with E-state index < -0.39 is 57.3 Å². The van der Waals surface area contributed by atoms with Gasteiger partial charge in [0.05, 0.1) is 16.2 Å². The van der Waals surface area contributed by atoms with Gasteiger partial charge in [0.1, 0.15) is 6.08 Å². The smallest absolute Gasteiger partial charge is 0.108 e. The maximum Gasteiger partial charge on any atom is 0.108 e. The van der Waals surface area contributed by atoms with Crippen molar-refractivity contribution >= 4 is 0 Å². The fourth-order valence-corrected chi connectivity index (χ4v) is 1.61. The lowest BCUT2D eigenvalue weighted by Crippen LogP contribution is -2.20. The van der Waals surface area contributed by atoms with Crippen molar-refractivity contribution in [2.45, 2.75) is 13.0 Å². The van der Waals surface area contributed by atoms with E-state index >= 15 is 0 Å². The summed E-state index contributed by atoms with van der Waals surface area (Å²) < 4.78 is 108. The molecule has 0 aliphatic heterocycles. The molecule has 2 aromatic carbocycles. The van der Waals surface area contributed by atoms with Crippen molar-refractivity contribution in [1.82, 2.24) is 4.90 Å². The van der Waals surface area contributed by atoms with E-state index in [1.165, 1.54) is 31.2 Å². The van der Waals surface area contributed by atoms with Crippen LogP contribution in [0.3, 0.4) is 0 Å². The van der Waals surface area contributed by atoms with Crippen molar-refractivity contribution in [3.63, 3.8) is 0 Å². The summed E-state index contributed by atoms with van der Waals surface area (Å²) in [7, 11) is 0. The van der Waals surface area contributed by atoms with E-state index in [0.29, 0.717) is 0 Å². The summed E-state index contributed by atoms with van der Waals surface area (Å²) in [5.41, 5.74) is -0.451. The molecule has 0 saturated carbocycles. The van der Waals surface area contributed by atoms with Crippen LogP contribution in [-0.2, 0) is 4.74 Å². The molecule has 106 valence electrons. The summed E-state index contributed by atoms with van der Waals surface area (Å²) in [4.78, 5) is -0.0430. The lowest BCUT2D eigenvalue weighted by atomic mass is 9.97. The SMILES string of the molecule is [2H]c1c([2H])c([2H])c(C([2H])(OC([2H])([2H])CN(C([2H])([2H])[2H])C([2H])([2H])[2H])c2ccccc2)c(C)c1[2H]. The minimum Gasteiger partial charge on any atom is -0.367 e. The Balaban J connectivity index is 2.71. The number of benzene rings is 2. The molecule has 0 radical (unpaired) electrons. The molecule has 20 heavy (non-hydrogen) atoms. The number of rotatable bonds is 6. The van der Waals surface area contributed by atoms with Crippen LogP contribution in [0, 0.1) is 6.92 Å². The third-order valence-corrected chi connectivity index (χ3v) is 2.53. The van der Waals surface area contributed by atoms with Crippen LogP contribution in [0.25, 0.3) is 0 Å². The predicted molar refractivity (Wildman–Crippen MR) is 84.0 cm³/mol. The van der Waals surface area contributed by atoms with Crippen LogP contribution in [0.1, 0.15) is 40.6 Å². The van der Waals surface area contributed by atoms with E-state index in [4.69, 9.17) is 22.6 Å². The first kappa shape index (κ1) is 5.28. The second-order valence-electron chi connectivity index (χ2n) is 4.03. The topological polar surface area (TPSA) is 12.5 Å². The summed E-state index contributed by atoms with van der Waals surface area (Å²) in [5.74, 6) is 0. The Bertz CT molecular complexity index is 960. The largest absolute Gasteiger partial charge is 0.367 e. The highest BCUT2D eigenvalue weighted by atomic mass is 16.5. The Hall–Kier alpha value is -1.64. The van der Waals surface area contributed by atoms with Crippen LogP contribution in [0.2, 0.25) is 0 Å². The van der Waals surface area contributed by atoms with E-state index in [1.54, 1.807) is 6.07 Å². The molecule has 2 rings (SSSR count). The summed E-state index contributed by atoms with van der Waals surface area (Å²) in [5, 5.41) is 0. The third-order valence-electron chi connectivity index (χ3n) is 2.53. The van der Waals surface area contributed by atoms with Gasteiger partial charge < -0.3 is 9.64 Å². The molecule has 2 heteroatoms. The molecule has 2 nitrogen and oxygen atoms in total. The average Bonchev–Trinajstić information content (AvgIpc) is 2.68. The first-order chi connectivity index (χ1) is 14.8. The second kappa shape index (κ2) is 7.22. The van der Waals surface area contributed by atoms with Crippen molar-refractivity contribution in [3.8, 4) is 0 Å². The molecule has 1 atom stereocenters. The molecule has 0 heterocycles. The summed E-state index contributed by atoms with van der Waals surface area (Å²) >= 11 is 0. The van der Waals surface area contributed by atoms with Crippen molar-refractivity contribution in [2.24, 2.45) is 0 Å². The molecule has 1 unspecified atom stereocenters. The van der Waals surface area contributed by atoms with Crippen molar-refractivity contribution in [1.29, 1.82) is 0 Å². The van der Waals surface area contributed by atoms with Gasteiger partial charge in [-0.2, -0.15) is 0 Å². The summed E-state index contributed by atoms with van der Waals surface area (Å²) in [6.07, 6.45) is -2.57. The molecule has 0 amide bonds. The molecule has 2 aromatic rings. The number of hydrogen-bond acceptors (Lipinski definition) is 2. The predicted octanol–water partition coefficient (Wildman–Crippen LogP) is 3.66. The van der Waals surface area contributed by atoms with E-state index in [2.05, 4.69) is 0 Å². The highest BCUT2D eigenvalue weighted by Crippen LogP contribution is 2.28. The molecule has 0 fully saturated rings. The average molecular weight is 282 g/mol. The van der Waals surface area contributed by atoms with Gasteiger partial charge in [-0.3, -0.25) is 0 Å². The van der Waals surface area contributed by atoms with E-state index in [0.717, 1.165) is 0 Å². The van der Waals surface area contributed by atoms with Gasteiger partial charge in [0.2, 0.25) is 0 Å². The fraction of sp³-hybridized carbons (Fsp3) is 0.333.